The summed E-state index contributed by atoms with van der Waals surface area (Å²) < 4.78 is 40.9. The molecule has 2 aliphatic rings. The highest BCUT2D eigenvalue weighted by Gasteiger charge is 2.45. The molecule has 0 amide bonds. The van der Waals surface area contributed by atoms with Crippen LogP contribution in [0.5, 0.6) is 0 Å². The van der Waals surface area contributed by atoms with Crippen molar-refractivity contribution >= 4 is 16.0 Å². The maximum Gasteiger partial charge on any atom is 0.306 e. The van der Waals surface area contributed by atoms with E-state index in [-0.39, 0.29) is 25.3 Å². The van der Waals surface area contributed by atoms with Crippen molar-refractivity contribution in [1.29, 1.82) is 0 Å². The lowest BCUT2D eigenvalue weighted by molar-refractivity contribution is -0.145. The summed E-state index contributed by atoms with van der Waals surface area (Å²) >= 11 is 0. The van der Waals surface area contributed by atoms with Crippen LogP contribution in [0, 0.1) is 17.7 Å². The van der Waals surface area contributed by atoms with Gasteiger partial charge in [0.15, 0.2) is 0 Å². The van der Waals surface area contributed by atoms with Crippen LogP contribution >= 0.6 is 0 Å². The third-order valence-electron chi connectivity index (χ3n) is 5.39. The molecule has 0 aliphatic carbocycles. The number of nitrogens with zero attached hydrogens (tertiary/aromatic N) is 3. The Morgan fingerprint density at radius 3 is 2.85 bits per heavy atom. The predicted octanol–water partition coefficient (Wildman–Crippen LogP) is 1.57. The molecule has 2 aromatic rings. The highest BCUT2D eigenvalue weighted by molar-refractivity contribution is 7.88. The van der Waals surface area contributed by atoms with Crippen molar-refractivity contribution in [2.45, 2.75) is 12.5 Å². The zero-order chi connectivity index (χ0) is 18.6. The number of aliphatic carboxylic acids is 1. The van der Waals surface area contributed by atoms with E-state index in [1.165, 1.54) is 16.4 Å². The van der Waals surface area contributed by atoms with E-state index in [1.54, 1.807) is 18.6 Å². The number of sulfonamides is 1. The number of hydrogen-bond donors (Lipinski definition) is 1. The third kappa shape index (κ3) is 2.62. The summed E-state index contributed by atoms with van der Waals surface area (Å²) in [4.78, 5) is 16.0. The zero-order valence-electron chi connectivity index (χ0n) is 14.0. The van der Waals surface area contributed by atoms with Crippen molar-refractivity contribution in [3.8, 4) is 11.3 Å². The molecule has 1 saturated heterocycles. The standard InChI is InChI=1S/C17H18FN3O4S/c1-26(24,25)20-5-4-12(17(22)23)14(8-20)16-11-3-2-10(18)6-13(11)15-7-19-9-21(15)16/h2-3,6-7,9,12,14,16H,4-5,8H2,1H3,(H,22,23). The van der Waals surface area contributed by atoms with Gasteiger partial charge in [-0.1, -0.05) is 6.07 Å². The number of carbonyl (C=O) groups is 1. The summed E-state index contributed by atoms with van der Waals surface area (Å²) in [6, 6.07) is 4.02. The topological polar surface area (TPSA) is 92.5 Å². The maximum absolute atomic E-state index is 13.7. The maximum atomic E-state index is 13.7. The van der Waals surface area contributed by atoms with Crippen LogP contribution in [0.3, 0.4) is 0 Å². The molecule has 7 nitrogen and oxygen atoms in total. The minimum atomic E-state index is -3.43. The summed E-state index contributed by atoms with van der Waals surface area (Å²) in [5.74, 6) is -2.49. The third-order valence-corrected chi connectivity index (χ3v) is 6.66. The van der Waals surface area contributed by atoms with Gasteiger partial charge in [-0.05, 0) is 24.1 Å². The van der Waals surface area contributed by atoms with Crippen molar-refractivity contribution in [2.75, 3.05) is 19.3 Å². The summed E-state index contributed by atoms with van der Waals surface area (Å²) in [6.45, 7) is 0.293. The molecule has 3 unspecified atom stereocenters. The predicted molar refractivity (Wildman–Crippen MR) is 91.4 cm³/mol. The lowest BCUT2D eigenvalue weighted by Crippen LogP contribution is -2.48. The lowest BCUT2D eigenvalue weighted by Gasteiger charge is -2.39. The van der Waals surface area contributed by atoms with Gasteiger partial charge in [0.2, 0.25) is 10.0 Å². The molecule has 4 rings (SSSR count). The van der Waals surface area contributed by atoms with E-state index in [0.717, 1.165) is 11.8 Å². The molecule has 2 aliphatic heterocycles. The Morgan fingerprint density at radius 1 is 1.38 bits per heavy atom. The number of carboxylic acid groups (broad SMARTS) is 1. The molecule has 1 N–H and O–H groups in total. The highest BCUT2D eigenvalue weighted by Crippen LogP contribution is 2.47. The fourth-order valence-electron chi connectivity index (χ4n) is 4.21. The average molecular weight is 379 g/mol. The molecule has 1 aromatic heterocycles. The first-order valence-corrected chi connectivity index (χ1v) is 10.1. The Bertz CT molecular complexity index is 988. The van der Waals surface area contributed by atoms with Crippen LogP contribution in [0.2, 0.25) is 0 Å². The Kier molecular flexibility index (Phi) is 3.89. The second-order valence-corrected chi connectivity index (χ2v) is 8.86. The van der Waals surface area contributed by atoms with E-state index in [4.69, 9.17) is 0 Å². The normalized spacial score (nSPS) is 25.7. The minimum Gasteiger partial charge on any atom is -0.481 e. The lowest BCUT2D eigenvalue weighted by atomic mass is 9.78. The Labute approximate surface area is 150 Å². The largest absolute Gasteiger partial charge is 0.481 e. The van der Waals surface area contributed by atoms with Crippen LogP contribution in [0.4, 0.5) is 4.39 Å². The van der Waals surface area contributed by atoms with E-state index in [1.807, 2.05) is 4.57 Å². The van der Waals surface area contributed by atoms with E-state index >= 15 is 0 Å². The molecule has 0 bridgehead atoms. The summed E-state index contributed by atoms with van der Waals surface area (Å²) in [6.07, 6.45) is 4.58. The van der Waals surface area contributed by atoms with E-state index < -0.39 is 33.9 Å². The number of hydrogen-bond acceptors (Lipinski definition) is 4. The molecule has 26 heavy (non-hydrogen) atoms. The average Bonchev–Trinajstić information content (AvgIpc) is 3.14. The number of rotatable bonds is 3. The molecule has 9 heteroatoms. The molecule has 0 spiro atoms. The molecule has 138 valence electrons. The molecular formula is C17H18FN3O4S. The summed E-state index contributed by atoms with van der Waals surface area (Å²) in [5.41, 5.74) is 2.19. The molecule has 1 fully saturated rings. The van der Waals surface area contributed by atoms with Crippen LogP contribution in [-0.4, -0.2) is 52.7 Å². The van der Waals surface area contributed by atoms with Gasteiger partial charge in [-0.25, -0.2) is 22.1 Å². The van der Waals surface area contributed by atoms with Gasteiger partial charge in [0.05, 0.1) is 36.4 Å². The van der Waals surface area contributed by atoms with Crippen LogP contribution in [0.1, 0.15) is 18.0 Å². The summed E-state index contributed by atoms with van der Waals surface area (Å²) in [5, 5.41) is 9.70. The Balaban J connectivity index is 1.83. The van der Waals surface area contributed by atoms with Gasteiger partial charge in [0.1, 0.15) is 5.82 Å². The minimum absolute atomic E-state index is 0.106. The SMILES string of the molecule is CS(=O)(=O)N1CCC(C(=O)O)C(C2c3ccc(F)cc3-c3cncn32)C1. The van der Waals surface area contributed by atoms with Gasteiger partial charge in [-0.2, -0.15) is 0 Å². The van der Waals surface area contributed by atoms with E-state index in [9.17, 15) is 22.7 Å². The smallest absolute Gasteiger partial charge is 0.306 e. The fourth-order valence-corrected chi connectivity index (χ4v) is 5.09. The van der Waals surface area contributed by atoms with Gasteiger partial charge in [0.25, 0.3) is 0 Å². The van der Waals surface area contributed by atoms with Gasteiger partial charge in [-0.3, -0.25) is 4.79 Å². The van der Waals surface area contributed by atoms with Crippen molar-refractivity contribution in [2.24, 2.45) is 11.8 Å². The van der Waals surface area contributed by atoms with Crippen LogP contribution < -0.4 is 0 Å². The molecule has 3 atom stereocenters. The summed E-state index contributed by atoms with van der Waals surface area (Å²) in [7, 11) is -3.43. The number of piperidine rings is 1. The monoisotopic (exact) mass is 379 g/mol. The second kappa shape index (κ2) is 5.88. The quantitative estimate of drug-likeness (QED) is 0.874. The van der Waals surface area contributed by atoms with Crippen molar-refractivity contribution < 1.29 is 22.7 Å². The van der Waals surface area contributed by atoms with E-state index in [2.05, 4.69) is 4.98 Å². The second-order valence-electron chi connectivity index (χ2n) is 6.88. The Hall–Kier alpha value is -2.26. The highest BCUT2D eigenvalue weighted by atomic mass is 32.2. The molecule has 0 radical (unpaired) electrons. The van der Waals surface area contributed by atoms with Gasteiger partial charge in [-0.15, -0.1) is 0 Å². The number of benzene rings is 1. The molecule has 1 aromatic carbocycles. The van der Waals surface area contributed by atoms with E-state index in [0.29, 0.717) is 11.3 Å². The number of halogens is 1. The van der Waals surface area contributed by atoms with Crippen molar-refractivity contribution in [1.82, 2.24) is 13.9 Å². The van der Waals surface area contributed by atoms with Crippen LogP contribution in [0.25, 0.3) is 11.3 Å². The first-order chi connectivity index (χ1) is 12.3. The van der Waals surface area contributed by atoms with Crippen molar-refractivity contribution in [3.05, 3.63) is 42.1 Å². The van der Waals surface area contributed by atoms with Gasteiger partial charge < -0.3 is 9.67 Å². The number of carboxylic acids is 1. The Morgan fingerprint density at radius 2 is 2.15 bits per heavy atom. The van der Waals surface area contributed by atoms with Crippen LogP contribution in [0.15, 0.2) is 30.7 Å². The van der Waals surface area contributed by atoms with Crippen molar-refractivity contribution in [3.63, 3.8) is 0 Å². The number of aromatic nitrogens is 2. The first-order valence-electron chi connectivity index (χ1n) is 8.27. The first kappa shape index (κ1) is 17.2. The van der Waals surface area contributed by atoms with Gasteiger partial charge in [0, 0.05) is 24.6 Å². The molecule has 3 heterocycles. The number of fused-ring (bicyclic) bond motifs is 3. The molecule has 0 saturated carbocycles. The fraction of sp³-hybridized carbons (Fsp3) is 0.412. The molecular weight excluding hydrogens is 361 g/mol. The zero-order valence-corrected chi connectivity index (χ0v) is 14.9. The van der Waals surface area contributed by atoms with Crippen LogP contribution in [-0.2, 0) is 14.8 Å². The van der Waals surface area contributed by atoms with Gasteiger partial charge >= 0.3 is 5.97 Å². The number of imidazole rings is 1.